The van der Waals surface area contributed by atoms with E-state index in [1.54, 1.807) is 0 Å². The van der Waals surface area contributed by atoms with Crippen LogP contribution in [0.1, 0.15) is 0 Å². The summed E-state index contributed by atoms with van der Waals surface area (Å²) in [4.78, 5) is 5.54. The van der Waals surface area contributed by atoms with E-state index in [0.717, 1.165) is 0 Å². The van der Waals surface area contributed by atoms with Gasteiger partial charge < -0.3 is 0 Å². The third kappa shape index (κ3) is 2.36. The third-order valence-electron chi connectivity index (χ3n) is 3.37. The van der Waals surface area contributed by atoms with Crippen molar-refractivity contribution in [3.63, 3.8) is 0 Å². The average Bonchev–Trinajstić information content (AvgIpc) is 3.25. The summed E-state index contributed by atoms with van der Waals surface area (Å²) in [5, 5.41) is 4.90. The summed E-state index contributed by atoms with van der Waals surface area (Å²) < 4.78 is 1.38. The van der Waals surface area contributed by atoms with E-state index < -0.39 is 0 Å². The summed E-state index contributed by atoms with van der Waals surface area (Å²) in [6, 6.07) is 17.6. The molecule has 0 aliphatic carbocycles. The number of benzene rings is 1. The molecule has 0 amide bonds. The molecule has 104 valence electrons. The van der Waals surface area contributed by atoms with Crippen molar-refractivity contribution in [3.05, 3.63) is 53.9 Å². The molecule has 1 aromatic carbocycles. The van der Waals surface area contributed by atoms with Gasteiger partial charge in [0.1, 0.15) is 0 Å². The Kier molecular flexibility index (Phi) is 3.63. The molecule has 0 aliphatic heterocycles. The van der Waals surface area contributed by atoms with Crippen molar-refractivity contribution in [1.29, 1.82) is 0 Å². The summed E-state index contributed by atoms with van der Waals surface area (Å²) in [6.07, 6.45) is 2.14. The first-order chi connectivity index (χ1) is 10.4. The average molecular weight is 345 g/mol. The fourth-order valence-corrected chi connectivity index (χ4v) is 6.23. The molecule has 0 radical (unpaired) electrons. The molecule has 4 rings (SSSR count). The Labute approximate surface area is 140 Å². The summed E-state index contributed by atoms with van der Waals surface area (Å²) >= 11 is 7.45. The molecule has 0 spiro atoms. The van der Waals surface area contributed by atoms with Crippen LogP contribution in [-0.4, -0.2) is 6.26 Å². The molecule has 3 heterocycles. The van der Waals surface area contributed by atoms with Gasteiger partial charge in [0.05, 0.1) is 14.0 Å². The summed E-state index contributed by atoms with van der Waals surface area (Å²) in [5.41, 5.74) is 0. The van der Waals surface area contributed by atoms with Crippen LogP contribution in [0.15, 0.2) is 58.1 Å². The molecule has 0 saturated carbocycles. The molecule has 0 nitrogen and oxygen atoms in total. The molecule has 4 aromatic rings. The molecular weight excluding hydrogens is 332 g/mol. The van der Waals surface area contributed by atoms with Gasteiger partial charge in [-0.1, -0.05) is 30.3 Å². The minimum atomic E-state index is 1.36. The molecule has 4 heteroatoms. The van der Waals surface area contributed by atoms with Crippen molar-refractivity contribution >= 4 is 56.5 Å². The Balaban J connectivity index is 1.97. The van der Waals surface area contributed by atoms with Crippen molar-refractivity contribution in [1.82, 2.24) is 0 Å². The van der Waals surface area contributed by atoms with Crippen molar-refractivity contribution in [3.8, 4) is 19.5 Å². The molecule has 0 aliphatic rings. The minimum Gasteiger partial charge on any atom is -0.143 e. The van der Waals surface area contributed by atoms with E-state index >= 15 is 0 Å². The first-order valence-electron chi connectivity index (χ1n) is 6.56. The molecule has 0 unspecified atom stereocenters. The standard InChI is InChI=1S/C17H12S4/c1-18-15-9-8-14(20-15)17-12-6-3-2-5-11(12)16(21-17)13-7-4-10-19-13/h2-10H,1H3. The van der Waals surface area contributed by atoms with Crippen LogP contribution in [0.3, 0.4) is 0 Å². The van der Waals surface area contributed by atoms with Gasteiger partial charge in [0.15, 0.2) is 0 Å². The van der Waals surface area contributed by atoms with Gasteiger partial charge in [-0.2, -0.15) is 0 Å². The maximum Gasteiger partial charge on any atom is 0.0602 e. The lowest BCUT2D eigenvalue weighted by molar-refractivity contribution is 1.75. The summed E-state index contributed by atoms with van der Waals surface area (Å²) in [6.45, 7) is 0. The van der Waals surface area contributed by atoms with Crippen molar-refractivity contribution in [2.75, 3.05) is 6.26 Å². The van der Waals surface area contributed by atoms with Gasteiger partial charge >= 0.3 is 0 Å². The number of rotatable bonds is 3. The largest absolute Gasteiger partial charge is 0.143 e. The Hall–Kier alpha value is -1.07. The zero-order valence-corrected chi connectivity index (χ0v) is 14.6. The Morgan fingerprint density at radius 1 is 0.762 bits per heavy atom. The number of thiophene rings is 3. The zero-order chi connectivity index (χ0) is 14.2. The zero-order valence-electron chi connectivity index (χ0n) is 11.3. The molecule has 0 N–H and O–H groups in total. The first-order valence-corrected chi connectivity index (χ1v) is 10.3. The normalized spacial score (nSPS) is 11.3. The van der Waals surface area contributed by atoms with E-state index in [1.807, 2.05) is 45.8 Å². The Morgan fingerprint density at radius 2 is 1.52 bits per heavy atom. The van der Waals surface area contributed by atoms with Gasteiger partial charge in [-0.3, -0.25) is 0 Å². The first kappa shape index (κ1) is 13.6. The maximum atomic E-state index is 2.26. The van der Waals surface area contributed by atoms with Gasteiger partial charge in [0, 0.05) is 20.5 Å². The predicted molar refractivity (Wildman–Crippen MR) is 100 cm³/mol. The highest BCUT2D eigenvalue weighted by Crippen LogP contribution is 2.47. The number of fused-ring (bicyclic) bond motifs is 1. The van der Waals surface area contributed by atoms with Crippen LogP contribution in [0.2, 0.25) is 0 Å². The van der Waals surface area contributed by atoms with Gasteiger partial charge in [-0.05, 0) is 29.8 Å². The second kappa shape index (κ2) is 5.61. The fraction of sp³-hybridized carbons (Fsp3) is 0.0588. The van der Waals surface area contributed by atoms with Gasteiger partial charge in [-0.15, -0.1) is 45.8 Å². The van der Waals surface area contributed by atoms with Gasteiger partial charge in [0.2, 0.25) is 0 Å². The highest BCUT2D eigenvalue weighted by Gasteiger charge is 2.15. The second-order valence-electron chi connectivity index (χ2n) is 4.61. The van der Waals surface area contributed by atoms with Crippen LogP contribution in [0.4, 0.5) is 0 Å². The monoisotopic (exact) mass is 344 g/mol. The van der Waals surface area contributed by atoms with E-state index in [0.29, 0.717) is 0 Å². The lowest BCUT2D eigenvalue weighted by Gasteiger charge is -1.94. The number of hydrogen-bond donors (Lipinski definition) is 0. The molecule has 0 atom stereocenters. The summed E-state index contributed by atoms with van der Waals surface area (Å²) in [7, 11) is 0. The van der Waals surface area contributed by atoms with E-state index in [9.17, 15) is 0 Å². The summed E-state index contributed by atoms with van der Waals surface area (Å²) in [5.74, 6) is 0. The van der Waals surface area contributed by atoms with Crippen LogP contribution in [0.25, 0.3) is 30.3 Å². The lowest BCUT2D eigenvalue weighted by Crippen LogP contribution is -1.68. The van der Waals surface area contributed by atoms with E-state index in [4.69, 9.17) is 0 Å². The molecule has 0 bridgehead atoms. The molecule has 0 saturated heterocycles. The second-order valence-corrected chi connectivity index (χ2v) is 8.76. The van der Waals surface area contributed by atoms with E-state index in [1.165, 1.54) is 34.5 Å². The quantitative estimate of drug-likeness (QED) is 0.358. The van der Waals surface area contributed by atoms with Gasteiger partial charge in [0.25, 0.3) is 0 Å². The molecule has 21 heavy (non-hydrogen) atoms. The van der Waals surface area contributed by atoms with Crippen LogP contribution in [0, 0.1) is 0 Å². The third-order valence-corrected chi connectivity index (χ3v) is 7.99. The molecule has 3 aromatic heterocycles. The smallest absolute Gasteiger partial charge is 0.0602 e. The van der Waals surface area contributed by atoms with Crippen LogP contribution >= 0.6 is 45.8 Å². The Bertz CT molecular complexity index is 881. The SMILES string of the molecule is CSc1ccc(-c2sc(-c3cccs3)c3ccccc23)s1. The lowest BCUT2D eigenvalue weighted by atomic mass is 10.1. The predicted octanol–water partition coefficient (Wildman–Crippen LogP) is 7.08. The highest BCUT2D eigenvalue weighted by atomic mass is 32.2. The van der Waals surface area contributed by atoms with Crippen molar-refractivity contribution < 1.29 is 0 Å². The van der Waals surface area contributed by atoms with Crippen molar-refractivity contribution in [2.24, 2.45) is 0 Å². The minimum absolute atomic E-state index is 1.36. The molecular formula is C17H12S4. The van der Waals surface area contributed by atoms with Crippen LogP contribution < -0.4 is 0 Å². The fourth-order valence-electron chi connectivity index (χ4n) is 2.42. The van der Waals surface area contributed by atoms with Crippen LogP contribution in [0.5, 0.6) is 0 Å². The van der Waals surface area contributed by atoms with E-state index in [2.05, 4.69) is 60.2 Å². The topological polar surface area (TPSA) is 0 Å². The van der Waals surface area contributed by atoms with Crippen molar-refractivity contribution in [2.45, 2.75) is 4.21 Å². The van der Waals surface area contributed by atoms with Gasteiger partial charge in [-0.25, -0.2) is 0 Å². The van der Waals surface area contributed by atoms with E-state index in [-0.39, 0.29) is 0 Å². The maximum absolute atomic E-state index is 2.26. The number of hydrogen-bond acceptors (Lipinski definition) is 4. The number of thioether (sulfide) groups is 1. The Morgan fingerprint density at radius 3 is 2.14 bits per heavy atom. The molecule has 0 fully saturated rings. The highest BCUT2D eigenvalue weighted by molar-refractivity contribution is 8.00. The van der Waals surface area contributed by atoms with Crippen LogP contribution in [-0.2, 0) is 0 Å².